The van der Waals surface area contributed by atoms with Crippen molar-refractivity contribution in [1.29, 1.82) is 0 Å². The fraction of sp³-hybridized carbons (Fsp3) is 0.643. The maximum atomic E-state index is 12.0. The van der Waals surface area contributed by atoms with Gasteiger partial charge < -0.3 is 11.1 Å². The molecule has 0 radical (unpaired) electrons. The molecule has 1 amide bonds. The zero-order valence-corrected chi connectivity index (χ0v) is 12.7. The Labute approximate surface area is 114 Å². The molecular formula is C14H24N2OS. The number of thiophene rings is 1. The first-order valence-corrected chi connectivity index (χ1v) is 7.10. The summed E-state index contributed by atoms with van der Waals surface area (Å²) in [5, 5.41) is 5.02. The van der Waals surface area contributed by atoms with Gasteiger partial charge in [-0.15, -0.1) is 11.3 Å². The van der Waals surface area contributed by atoms with Crippen LogP contribution in [-0.2, 0) is 10.2 Å². The lowest BCUT2D eigenvalue weighted by Crippen LogP contribution is -2.50. The summed E-state index contributed by atoms with van der Waals surface area (Å²) in [5.74, 6) is -0.0767. The highest BCUT2D eigenvalue weighted by Crippen LogP contribution is 2.26. The van der Waals surface area contributed by atoms with E-state index in [2.05, 4.69) is 30.6 Å². The van der Waals surface area contributed by atoms with E-state index in [0.717, 1.165) is 0 Å². The van der Waals surface area contributed by atoms with Crippen LogP contribution in [0.25, 0.3) is 0 Å². The summed E-state index contributed by atoms with van der Waals surface area (Å²) in [6.07, 6.45) is 0. The molecule has 1 atom stereocenters. The molecule has 0 aliphatic carbocycles. The van der Waals surface area contributed by atoms with Gasteiger partial charge in [0.2, 0.25) is 5.91 Å². The van der Waals surface area contributed by atoms with Crippen molar-refractivity contribution in [1.82, 2.24) is 5.32 Å². The first-order chi connectivity index (χ1) is 8.14. The predicted molar refractivity (Wildman–Crippen MR) is 77.8 cm³/mol. The fourth-order valence-corrected chi connectivity index (χ4v) is 2.41. The number of carbonyl (C=O) groups is 1. The zero-order valence-electron chi connectivity index (χ0n) is 11.9. The van der Waals surface area contributed by atoms with Gasteiger partial charge in [0.25, 0.3) is 0 Å². The molecule has 0 aromatic carbocycles. The Hall–Kier alpha value is -0.870. The number of nitrogens with two attached hydrogens (primary N) is 1. The van der Waals surface area contributed by atoms with Crippen molar-refractivity contribution in [2.75, 3.05) is 6.54 Å². The SMILES string of the molecule is CC(C)(CNC(=O)[C@@H](N)C(C)(C)C)c1cccs1. The van der Waals surface area contributed by atoms with E-state index in [1.807, 2.05) is 26.8 Å². The van der Waals surface area contributed by atoms with Gasteiger partial charge in [-0.2, -0.15) is 0 Å². The lowest BCUT2D eigenvalue weighted by molar-refractivity contribution is -0.124. The molecule has 0 unspecified atom stereocenters. The molecule has 1 aromatic rings. The van der Waals surface area contributed by atoms with Crippen molar-refractivity contribution < 1.29 is 4.79 Å². The highest BCUT2D eigenvalue weighted by molar-refractivity contribution is 7.10. The van der Waals surface area contributed by atoms with Crippen molar-refractivity contribution in [3.63, 3.8) is 0 Å². The van der Waals surface area contributed by atoms with E-state index >= 15 is 0 Å². The van der Waals surface area contributed by atoms with E-state index in [1.165, 1.54) is 4.88 Å². The zero-order chi connectivity index (χ0) is 14.0. The highest BCUT2D eigenvalue weighted by Gasteiger charge is 2.29. The van der Waals surface area contributed by atoms with Crippen LogP contribution in [0.15, 0.2) is 17.5 Å². The fourth-order valence-electron chi connectivity index (χ4n) is 1.56. The third kappa shape index (κ3) is 3.82. The van der Waals surface area contributed by atoms with E-state index in [-0.39, 0.29) is 16.7 Å². The number of nitrogens with one attached hydrogen (secondary N) is 1. The second-order valence-corrected chi connectivity index (χ2v) is 7.37. The monoisotopic (exact) mass is 268 g/mol. The second-order valence-electron chi connectivity index (χ2n) is 6.42. The maximum Gasteiger partial charge on any atom is 0.237 e. The van der Waals surface area contributed by atoms with Crippen LogP contribution in [0.2, 0.25) is 0 Å². The molecule has 18 heavy (non-hydrogen) atoms. The summed E-state index contributed by atoms with van der Waals surface area (Å²) in [7, 11) is 0. The minimum Gasteiger partial charge on any atom is -0.354 e. The summed E-state index contributed by atoms with van der Waals surface area (Å²) in [6, 6.07) is 3.65. The summed E-state index contributed by atoms with van der Waals surface area (Å²) in [6.45, 7) is 10.8. The predicted octanol–water partition coefficient (Wildman–Crippen LogP) is 2.52. The minimum absolute atomic E-state index is 0.0541. The van der Waals surface area contributed by atoms with Crippen LogP contribution < -0.4 is 11.1 Å². The van der Waals surface area contributed by atoms with Crippen molar-refractivity contribution in [2.24, 2.45) is 11.1 Å². The van der Waals surface area contributed by atoms with Crippen LogP contribution in [0, 0.1) is 5.41 Å². The van der Waals surface area contributed by atoms with Crippen LogP contribution in [0.3, 0.4) is 0 Å². The summed E-state index contributed by atoms with van der Waals surface area (Å²) in [4.78, 5) is 13.2. The van der Waals surface area contributed by atoms with Gasteiger partial charge >= 0.3 is 0 Å². The molecule has 0 bridgehead atoms. The molecule has 0 aliphatic rings. The van der Waals surface area contributed by atoms with E-state index < -0.39 is 6.04 Å². The van der Waals surface area contributed by atoms with Crippen LogP contribution in [0.4, 0.5) is 0 Å². The van der Waals surface area contributed by atoms with Gasteiger partial charge in [0.05, 0.1) is 6.04 Å². The molecule has 0 saturated carbocycles. The van der Waals surface area contributed by atoms with Gasteiger partial charge in [-0.3, -0.25) is 4.79 Å². The van der Waals surface area contributed by atoms with Crippen molar-refractivity contribution >= 4 is 17.2 Å². The molecule has 3 N–H and O–H groups in total. The van der Waals surface area contributed by atoms with Crippen molar-refractivity contribution in [3.05, 3.63) is 22.4 Å². The second kappa shape index (κ2) is 5.41. The lowest BCUT2D eigenvalue weighted by Gasteiger charge is -2.29. The molecule has 1 heterocycles. The largest absolute Gasteiger partial charge is 0.354 e. The molecule has 1 rings (SSSR count). The standard InChI is InChI=1S/C14H24N2OS/c1-13(2,3)11(15)12(17)16-9-14(4,5)10-7-6-8-18-10/h6-8,11H,9,15H2,1-5H3,(H,16,17)/t11-/m1/s1. The van der Waals surface area contributed by atoms with Gasteiger partial charge in [0.15, 0.2) is 0 Å². The molecule has 0 saturated heterocycles. The number of amides is 1. The number of hydrogen-bond donors (Lipinski definition) is 2. The van der Waals surface area contributed by atoms with Gasteiger partial charge in [-0.1, -0.05) is 40.7 Å². The maximum absolute atomic E-state index is 12.0. The van der Waals surface area contributed by atoms with Gasteiger partial charge in [-0.05, 0) is 16.9 Å². The Morgan fingerprint density at radius 2 is 2.00 bits per heavy atom. The molecular weight excluding hydrogens is 244 g/mol. The smallest absolute Gasteiger partial charge is 0.237 e. The third-order valence-corrected chi connectivity index (χ3v) is 4.34. The highest BCUT2D eigenvalue weighted by atomic mass is 32.1. The van der Waals surface area contributed by atoms with Crippen LogP contribution in [0.1, 0.15) is 39.5 Å². The number of hydrogen-bond acceptors (Lipinski definition) is 3. The topological polar surface area (TPSA) is 55.1 Å². The Balaban J connectivity index is 2.58. The Morgan fingerprint density at radius 1 is 1.39 bits per heavy atom. The van der Waals surface area contributed by atoms with E-state index in [4.69, 9.17) is 5.73 Å². The molecule has 1 aromatic heterocycles. The van der Waals surface area contributed by atoms with Crippen molar-refractivity contribution in [3.8, 4) is 0 Å². The lowest BCUT2D eigenvalue weighted by atomic mass is 9.86. The van der Waals surface area contributed by atoms with Gasteiger partial charge in [0.1, 0.15) is 0 Å². The molecule has 4 heteroatoms. The normalized spacial score (nSPS) is 14.3. The minimum atomic E-state index is -0.475. The molecule has 0 aliphatic heterocycles. The van der Waals surface area contributed by atoms with E-state index in [1.54, 1.807) is 11.3 Å². The summed E-state index contributed by atoms with van der Waals surface area (Å²) < 4.78 is 0. The quantitative estimate of drug-likeness (QED) is 0.881. The average molecular weight is 268 g/mol. The molecule has 102 valence electrons. The van der Waals surface area contributed by atoms with Crippen LogP contribution in [-0.4, -0.2) is 18.5 Å². The first-order valence-electron chi connectivity index (χ1n) is 6.22. The van der Waals surface area contributed by atoms with Gasteiger partial charge in [0, 0.05) is 16.8 Å². The van der Waals surface area contributed by atoms with Crippen LogP contribution in [0.5, 0.6) is 0 Å². The Bertz CT molecular complexity index is 390. The summed E-state index contributed by atoms with van der Waals surface area (Å²) >= 11 is 1.71. The first kappa shape index (κ1) is 15.2. The summed E-state index contributed by atoms with van der Waals surface area (Å²) in [5.41, 5.74) is 5.67. The number of carbonyl (C=O) groups excluding carboxylic acids is 1. The van der Waals surface area contributed by atoms with E-state index in [0.29, 0.717) is 6.54 Å². The Kier molecular flexibility index (Phi) is 4.56. The molecule has 0 spiro atoms. The third-order valence-electron chi connectivity index (χ3n) is 3.11. The average Bonchev–Trinajstić information content (AvgIpc) is 2.77. The Morgan fingerprint density at radius 3 is 2.44 bits per heavy atom. The molecule has 3 nitrogen and oxygen atoms in total. The van der Waals surface area contributed by atoms with Gasteiger partial charge in [-0.25, -0.2) is 0 Å². The van der Waals surface area contributed by atoms with Crippen LogP contribution >= 0.6 is 11.3 Å². The van der Waals surface area contributed by atoms with Crippen molar-refractivity contribution in [2.45, 2.75) is 46.1 Å². The number of rotatable bonds is 4. The molecule has 0 fully saturated rings. The van der Waals surface area contributed by atoms with E-state index in [9.17, 15) is 4.79 Å².